The number of aromatic nitrogens is 1. The number of hydrogen-bond acceptors (Lipinski definition) is 5. The van der Waals surface area contributed by atoms with Gasteiger partial charge in [-0.15, -0.1) is 0 Å². The Bertz CT molecular complexity index is 678. The van der Waals surface area contributed by atoms with E-state index in [9.17, 15) is 10.2 Å². The molecule has 4 atom stereocenters. The van der Waals surface area contributed by atoms with E-state index in [0.717, 1.165) is 37.2 Å². The maximum Gasteiger partial charge on any atom is 0.122 e. The normalized spacial score (nSPS) is 27.2. The van der Waals surface area contributed by atoms with Gasteiger partial charge in [-0.1, -0.05) is 12.1 Å². The highest BCUT2D eigenvalue weighted by Gasteiger charge is 2.42. The van der Waals surface area contributed by atoms with Crippen LogP contribution >= 0.6 is 0 Å². The summed E-state index contributed by atoms with van der Waals surface area (Å²) in [6.07, 6.45) is 5.47. The summed E-state index contributed by atoms with van der Waals surface area (Å²) < 4.78 is 6.08. The van der Waals surface area contributed by atoms with Gasteiger partial charge in [0, 0.05) is 32.0 Å². The molecule has 1 unspecified atom stereocenters. The first-order valence-corrected chi connectivity index (χ1v) is 8.93. The second kappa shape index (κ2) is 7.02. The molecule has 1 saturated heterocycles. The summed E-state index contributed by atoms with van der Waals surface area (Å²) in [7, 11) is 0. The fourth-order valence-corrected chi connectivity index (χ4v) is 4.24. The van der Waals surface area contributed by atoms with Gasteiger partial charge in [-0.25, -0.2) is 0 Å². The third-order valence-electron chi connectivity index (χ3n) is 5.44. The number of aromatic hydroxyl groups is 1. The second-order valence-corrected chi connectivity index (χ2v) is 7.24. The van der Waals surface area contributed by atoms with Crippen molar-refractivity contribution < 1.29 is 14.9 Å². The maximum atomic E-state index is 10.4. The Morgan fingerprint density at radius 3 is 2.32 bits per heavy atom. The average Bonchev–Trinajstić information content (AvgIpc) is 3.14. The molecule has 132 valence electrons. The fraction of sp³-hybridized carbons (Fsp3) is 0.450. The molecule has 0 amide bonds. The number of rotatable bonds is 5. The molecule has 0 bridgehead atoms. The predicted molar refractivity (Wildman–Crippen MR) is 94.4 cm³/mol. The quantitative estimate of drug-likeness (QED) is 0.876. The molecule has 0 radical (unpaired) electrons. The molecule has 2 N–H and O–H groups in total. The van der Waals surface area contributed by atoms with E-state index in [1.165, 1.54) is 0 Å². The Balaban J connectivity index is 1.28. The second-order valence-electron chi connectivity index (χ2n) is 7.24. The molecule has 5 heteroatoms. The molecule has 2 aliphatic rings. The molecular weight excluding hydrogens is 316 g/mol. The van der Waals surface area contributed by atoms with Crippen LogP contribution in [0.5, 0.6) is 11.5 Å². The number of phenols is 1. The van der Waals surface area contributed by atoms with E-state index < -0.39 is 6.10 Å². The number of hydrogen-bond donors (Lipinski definition) is 2. The molecule has 1 aromatic carbocycles. The van der Waals surface area contributed by atoms with E-state index >= 15 is 0 Å². The first kappa shape index (κ1) is 16.4. The van der Waals surface area contributed by atoms with E-state index in [1.54, 1.807) is 36.7 Å². The van der Waals surface area contributed by atoms with Crippen molar-refractivity contribution in [2.45, 2.75) is 25.0 Å². The van der Waals surface area contributed by atoms with E-state index in [-0.39, 0.29) is 5.75 Å². The lowest BCUT2D eigenvalue weighted by Gasteiger charge is -2.22. The van der Waals surface area contributed by atoms with E-state index in [0.29, 0.717) is 24.5 Å². The molecule has 4 rings (SSSR count). The van der Waals surface area contributed by atoms with Crippen LogP contribution in [0.4, 0.5) is 0 Å². The number of aliphatic hydroxyl groups is 1. The lowest BCUT2D eigenvalue weighted by atomic mass is 10.0. The first-order valence-electron chi connectivity index (χ1n) is 8.93. The van der Waals surface area contributed by atoms with Gasteiger partial charge in [-0.3, -0.25) is 9.88 Å². The van der Waals surface area contributed by atoms with Crippen LogP contribution in [-0.2, 0) is 0 Å². The Hall–Kier alpha value is -2.11. The molecule has 2 aromatic rings. The minimum Gasteiger partial charge on any atom is -0.508 e. The smallest absolute Gasteiger partial charge is 0.122 e. The molecular formula is C20H24N2O3. The van der Waals surface area contributed by atoms with Crippen LogP contribution in [0.25, 0.3) is 0 Å². The molecule has 2 heterocycles. The van der Waals surface area contributed by atoms with Gasteiger partial charge in [0.25, 0.3) is 0 Å². The van der Waals surface area contributed by atoms with Gasteiger partial charge >= 0.3 is 0 Å². The Labute approximate surface area is 147 Å². The molecule has 1 aliphatic heterocycles. The molecule has 2 fully saturated rings. The van der Waals surface area contributed by atoms with Crippen LogP contribution < -0.4 is 4.74 Å². The van der Waals surface area contributed by atoms with Gasteiger partial charge in [0.15, 0.2) is 0 Å². The summed E-state index contributed by atoms with van der Waals surface area (Å²) in [5, 5.41) is 19.8. The van der Waals surface area contributed by atoms with Crippen LogP contribution in [0.1, 0.15) is 24.5 Å². The van der Waals surface area contributed by atoms with Crippen LogP contribution in [0.2, 0.25) is 0 Å². The summed E-state index contributed by atoms with van der Waals surface area (Å²) in [5.41, 5.74) is 0.855. The maximum absolute atomic E-state index is 10.4. The van der Waals surface area contributed by atoms with Gasteiger partial charge in [0.2, 0.25) is 0 Å². The van der Waals surface area contributed by atoms with Crippen molar-refractivity contribution in [3.8, 4) is 11.5 Å². The minimum atomic E-state index is -0.511. The molecule has 1 aromatic heterocycles. The van der Waals surface area contributed by atoms with Gasteiger partial charge in [-0.2, -0.15) is 0 Å². The van der Waals surface area contributed by atoms with Gasteiger partial charge in [-0.05, 0) is 54.5 Å². The molecule has 0 spiro atoms. The Morgan fingerprint density at radius 2 is 1.68 bits per heavy atom. The number of fused-ring (bicyclic) bond motifs is 1. The molecule has 1 aliphatic carbocycles. The third-order valence-corrected chi connectivity index (χ3v) is 5.44. The molecule has 5 nitrogen and oxygen atoms in total. The number of nitrogens with zero attached hydrogens (tertiary/aromatic N) is 2. The van der Waals surface area contributed by atoms with Gasteiger partial charge in [0.1, 0.15) is 11.5 Å². The zero-order valence-corrected chi connectivity index (χ0v) is 14.2. The van der Waals surface area contributed by atoms with Crippen LogP contribution in [0.3, 0.4) is 0 Å². The van der Waals surface area contributed by atoms with Crippen molar-refractivity contribution in [1.29, 1.82) is 0 Å². The third kappa shape index (κ3) is 3.78. The fourth-order valence-electron chi connectivity index (χ4n) is 4.24. The van der Waals surface area contributed by atoms with E-state index in [1.807, 2.05) is 12.1 Å². The Kier molecular flexibility index (Phi) is 4.59. The van der Waals surface area contributed by atoms with Crippen molar-refractivity contribution in [3.05, 3.63) is 54.4 Å². The van der Waals surface area contributed by atoms with Crippen molar-refractivity contribution in [3.63, 3.8) is 0 Å². The summed E-state index contributed by atoms with van der Waals surface area (Å²) >= 11 is 0. The van der Waals surface area contributed by atoms with Crippen molar-refractivity contribution in [2.75, 3.05) is 19.6 Å². The van der Waals surface area contributed by atoms with Crippen LogP contribution in [0.15, 0.2) is 48.8 Å². The van der Waals surface area contributed by atoms with Crippen molar-refractivity contribution in [1.82, 2.24) is 9.88 Å². The predicted octanol–water partition coefficient (Wildman–Crippen LogP) is 2.61. The number of β-amino-alcohol motifs (C(OH)–C–C–N with tert-alkyl or cyclic N) is 1. The molecule has 1 saturated carbocycles. The number of phenolic OH excluding ortho intramolecular Hbond substituents is 1. The number of aliphatic hydroxyl groups excluding tert-OH is 1. The summed E-state index contributed by atoms with van der Waals surface area (Å²) in [6, 6.07) is 10.6. The topological polar surface area (TPSA) is 65.8 Å². The van der Waals surface area contributed by atoms with Crippen molar-refractivity contribution >= 4 is 0 Å². The molecule has 25 heavy (non-hydrogen) atoms. The highest BCUT2D eigenvalue weighted by molar-refractivity contribution is 5.27. The minimum absolute atomic E-state index is 0.229. The highest BCUT2D eigenvalue weighted by atomic mass is 16.5. The summed E-state index contributed by atoms with van der Waals surface area (Å²) in [6.45, 7) is 2.69. The zero-order chi connectivity index (χ0) is 17.2. The Morgan fingerprint density at radius 1 is 1.04 bits per heavy atom. The van der Waals surface area contributed by atoms with Gasteiger partial charge < -0.3 is 14.9 Å². The SMILES string of the molecule is Oc1ccc(C(O)CN2C[C@H]3C[C@H](Oc4ccncc4)C[C@H]3C2)cc1. The number of benzene rings is 1. The summed E-state index contributed by atoms with van der Waals surface area (Å²) in [5.74, 6) is 2.43. The van der Waals surface area contributed by atoms with Crippen molar-refractivity contribution in [2.24, 2.45) is 11.8 Å². The van der Waals surface area contributed by atoms with E-state index in [2.05, 4.69) is 9.88 Å². The zero-order valence-electron chi connectivity index (χ0n) is 14.2. The lowest BCUT2D eigenvalue weighted by Crippen LogP contribution is -2.28. The summed E-state index contributed by atoms with van der Waals surface area (Å²) in [4.78, 5) is 6.38. The van der Waals surface area contributed by atoms with Crippen LogP contribution in [-0.4, -0.2) is 45.8 Å². The van der Waals surface area contributed by atoms with Crippen LogP contribution in [0, 0.1) is 11.8 Å². The van der Waals surface area contributed by atoms with E-state index in [4.69, 9.17) is 4.74 Å². The van der Waals surface area contributed by atoms with Gasteiger partial charge in [0.05, 0.1) is 12.2 Å². The largest absolute Gasteiger partial charge is 0.508 e. The number of pyridine rings is 1. The first-order chi connectivity index (χ1) is 12.2. The number of likely N-dealkylation sites (tertiary alicyclic amines) is 1. The highest BCUT2D eigenvalue weighted by Crippen LogP contribution is 2.40. The standard InChI is InChI=1S/C20H24N2O3/c23-17-3-1-14(2-4-17)20(24)13-22-11-15-9-19(10-16(15)12-22)25-18-5-7-21-8-6-18/h1-8,15-16,19-20,23-24H,9-13H2/t15-,16+,19+,20?. The lowest BCUT2D eigenvalue weighted by molar-refractivity contribution is 0.116. The number of ether oxygens (including phenoxy) is 1. The average molecular weight is 340 g/mol. The monoisotopic (exact) mass is 340 g/mol.